The highest BCUT2D eigenvalue weighted by atomic mass is 19.1. The molecule has 0 aliphatic rings. The molecule has 0 fully saturated rings. The van der Waals surface area contributed by atoms with Gasteiger partial charge in [-0.3, -0.25) is 0 Å². The van der Waals surface area contributed by atoms with E-state index in [1.54, 1.807) is 6.07 Å². The Morgan fingerprint density at radius 3 is 2.45 bits per heavy atom. The molecular weight excluding hydrogens is 253 g/mol. The van der Waals surface area contributed by atoms with Gasteiger partial charge in [-0.1, -0.05) is 45.6 Å². The molecule has 0 aliphatic carbocycles. The number of rotatable bonds is 9. The number of benzene rings is 1. The molecule has 1 atom stereocenters. The van der Waals surface area contributed by atoms with Crippen LogP contribution in [0.25, 0.3) is 0 Å². The molecule has 0 saturated carbocycles. The number of halogens is 1. The van der Waals surface area contributed by atoms with Gasteiger partial charge >= 0.3 is 0 Å². The third-order valence-electron chi connectivity index (χ3n) is 3.61. The number of aromatic hydroxyl groups is 1. The topological polar surface area (TPSA) is 32.3 Å². The van der Waals surface area contributed by atoms with E-state index in [4.69, 9.17) is 0 Å². The minimum Gasteiger partial charge on any atom is -0.508 e. The van der Waals surface area contributed by atoms with Crippen molar-refractivity contribution in [3.63, 3.8) is 0 Å². The molecule has 1 aromatic carbocycles. The minimum atomic E-state index is -0.345. The summed E-state index contributed by atoms with van der Waals surface area (Å²) in [5, 5.41) is 12.5. The highest BCUT2D eigenvalue weighted by molar-refractivity contribution is 5.29. The van der Waals surface area contributed by atoms with E-state index in [1.165, 1.54) is 37.8 Å². The Bertz CT molecular complexity index is 393. The smallest absolute Gasteiger partial charge is 0.131 e. The van der Waals surface area contributed by atoms with Gasteiger partial charge in [0.25, 0.3) is 0 Å². The summed E-state index contributed by atoms with van der Waals surface area (Å²) in [6.07, 6.45) is 6.25. The van der Waals surface area contributed by atoms with Gasteiger partial charge in [0.15, 0.2) is 0 Å². The van der Waals surface area contributed by atoms with E-state index in [-0.39, 0.29) is 17.6 Å². The number of hydrogen-bond donors (Lipinski definition) is 2. The number of unbranched alkanes of at least 4 members (excludes halogenated alkanes) is 3. The number of phenolic OH excluding ortho intramolecular Hbond substituents is 1. The maximum atomic E-state index is 13.7. The van der Waals surface area contributed by atoms with E-state index in [9.17, 15) is 9.50 Å². The Kier molecular flexibility index (Phi) is 7.60. The van der Waals surface area contributed by atoms with Crippen LogP contribution in [-0.4, -0.2) is 11.7 Å². The van der Waals surface area contributed by atoms with Gasteiger partial charge in [-0.05, 0) is 31.9 Å². The number of phenols is 1. The zero-order valence-corrected chi connectivity index (χ0v) is 13.0. The first-order valence-corrected chi connectivity index (χ1v) is 7.72. The van der Waals surface area contributed by atoms with Gasteiger partial charge in [0.2, 0.25) is 0 Å². The molecule has 2 nitrogen and oxygen atoms in total. The predicted molar refractivity (Wildman–Crippen MR) is 82.4 cm³/mol. The zero-order valence-electron chi connectivity index (χ0n) is 13.0. The molecule has 1 rings (SSSR count). The molecule has 20 heavy (non-hydrogen) atoms. The second-order valence-corrected chi connectivity index (χ2v) is 5.98. The average molecular weight is 281 g/mol. The Balaban J connectivity index is 2.18. The molecule has 1 aromatic rings. The molecule has 0 aromatic heterocycles. The summed E-state index contributed by atoms with van der Waals surface area (Å²) in [6.45, 7) is 7.38. The quantitative estimate of drug-likeness (QED) is 0.638. The Labute approximate surface area is 122 Å². The minimum absolute atomic E-state index is 0.0220. The average Bonchev–Trinajstić information content (AvgIpc) is 2.37. The van der Waals surface area contributed by atoms with Crippen molar-refractivity contribution >= 4 is 0 Å². The van der Waals surface area contributed by atoms with Crippen molar-refractivity contribution in [2.24, 2.45) is 5.92 Å². The standard InChI is InChI=1S/C17H28FNO/c1-13(2)8-6-4-5-7-11-19-14(3)16-10-9-15(20)12-17(16)18/h9-10,12-14,19-20H,4-8,11H2,1-3H3. The van der Waals surface area contributed by atoms with Crippen LogP contribution in [0.1, 0.15) is 64.5 Å². The second kappa shape index (κ2) is 8.96. The maximum absolute atomic E-state index is 13.7. The van der Waals surface area contributed by atoms with Crippen LogP contribution in [0.15, 0.2) is 18.2 Å². The SMILES string of the molecule is CC(C)CCCCCCNC(C)c1ccc(O)cc1F. The van der Waals surface area contributed by atoms with Gasteiger partial charge in [0.1, 0.15) is 11.6 Å². The molecule has 1 unspecified atom stereocenters. The van der Waals surface area contributed by atoms with E-state index in [2.05, 4.69) is 19.2 Å². The van der Waals surface area contributed by atoms with Crippen LogP contribution in [-0.2, 0) is 0 Å². The molecule has 2 N–H and O–H groups in total. The van der Waals surface area contributed by atoms with E-state index >= 15 is 0 Å². The van der Waals surface area contributed by atoms with Gasteiger partial charge in [-0.25, -0.2) is 4.39 Å². The summed E-state index contributed by atoms with van der Waals surface area (Å²) in [7, 11) is 0. The summed E-state index contributed by atoms with van der Waals surface area (Å²) < 4.78 is 13.7. The van der Waals surface area contributed by atoms with Crippen LogP contribution in [0.4, 0.5) is 4.39 Å². The molecule has 0 saturated heterocycles. The number of hydrogen-bond acceptors (Lipinski definition) is 2. The van der Waals surface area contributed by atoms with Gasteiger partial charge in [0.05, 0.1) is 0 Å². The van der Waals surface area contributed by atoms with E-state index in [0.29, 0.717) is 5.56 Å². The van der Waals surface area contributed by atoms with Crippen LogP contribution in [0, 0.1) is 11.7 Å². The first-order chi connectivity index (χ1) is 9.50. The van der Waals surface area contributed by atoms with Gasteiger partial charge < -0.3 is 10.4 Å². The van der Waals surface area contributed by atoms with Crippen molar-refractivity contribution in [3.8, 4) is 5.75 Å². The zero-order chi connectivity index (χ0) is 15.0. The maximum Gasteiger partial charge on any atom is 0.131 e. The highest BCUT2D eigenvalue weighted by Gasteiger charge is 2.10. The third-order valence-corrected chi connectivity index (χ3v) is 3.61. The molecule has 0 heterocycles. The highest BCUT2D eigenvalue weighted by Crippen LogP contribution is 2.21. The second-order valence-electron chi connectivity index (χ2n) is 5.98. The van der Waals surface area contributed by atoms with Crippen molar-refractivity contribution in [2.45, 2.75) is 58.9 Å². The molecular formula is C17H28FNO. The van der Waals surface area contributed by atoms with E-state index in [0.717, 1.165) is 18.9 Å². The predicted octanol–water partition coefficient (Wildman–Crippen LogP) is 4.79. The van der Waals surface area contributed by atoms with Crippen LogP contribution in [0.2, 0.25) is 0 Å². The van der Waals surface area contributed by atoms with Gasteiger partial charge in [-0.15, -0.1) is 0 Å². The molecule has 3 heteroatoms. The van der Waals surface area contributed by atoms with E-state index in [1.807, 2.05) is 6.92 Å². The molecule has 0 spiro atoms. The van der Waals surface area contributed by atoms with Crippen molar-refractivity contribution in [3.05, 3.63) is 29.6 Å². The summed E-state index contributed by atoms with van der Waals surface area (Å²) in [4.78, 5) is 0. The summed E-state index contributed by atoms with van der Waals surface area (Å²) in [5.74, 6) is 0.427. The molecule has 0 amide bonds. The number of nitrogens with one attached hydrogen (secondary N) is 1. The van der Waals surface area contributed by atoms with Crippen LogP contribution < -0.4 is 5.32 Å². The monoisotopic (exact) mass is 281 g/mol. The van der Waals surface area contributed by atoms with Crippen LogP contribution >= 0.6 is 0 Å². The van der Waals surface area contributed by atoms with Gasteiger partial charge in [0, 0.05) is 17.7 Å². The molecule has 0 radical (unpaired) electrons. The molecule has 0 bridgehead atoms. The molecule has 0 aliphatic heterocycles. The van der Waals surface area contributed by atoms with E-state index < -0.39 is 0 Å². The fourth-order valence-electron chi connectivity index (χ4n) is 2.33. The summed E-state index contributed by atoms with van der Waals surface area (Å²) in [5.41, 5.74) is 0.614. The Morgan fingerprint density at radius 2 is 1.80 bits per heavy atom. The largest absolute Gasteiger partial charge is 0.508 e. The summed E-state index contributed by atoms with van der Waals surface area (Å²) >= 11 is 0. The van der Waals surface area contributed by atoms with Crippen molar-refractivity contribution < 1.29 is 9.50 Å². The van der Waals surface area contributed by atoms with Crippen molar-refractivity contribution in [2.75, 3.05) is 6.54 Å². The molecule has 114 valence electrons. The fraction of sp³-hybridized carbons (Fsp3) is 0.647. The van der Waals surface area contributed by atoms with Crippen molar-refractivity contribution in [1.82, 2.24) is 5.32 Å². The fourth-order valence-corrected chi connectivity index (χ4v) is 2.33. The lowest BCUT2D eigenvalue weighted by Crippen LogP contribution is -2.20. The van der Waals surface area contributed by atoms with Crippen molar-refractivity contribution in [1.29, 1.82) is 0 Å². The van der Waals surface area contributed by atoms with Crippen LogP contribution in [0.3, 0.4) is 0 Å². The normalized spacial score (nSPS) is 12.8. The third kappa shape index (κ3) is 6.38. The first kappa shape index (κ1) is 17.0. The lowest BCUT2D eigenvalue weighted by Gasteiger charge is -2.15. The Morgan fingerprint density at radius 1 is 1.10 bits per heavy atom. The first-order valence-electron chi connectivity index (χ1n) is 7.72. The van der Waals surface area contributed by atoms with Crippen LogP contribution in [0.5, 0.6) is 5.75 Å². The summed E-state index contributed by atoms with van der Waals surface area (Å²) in [6, 6.07) is 4.32. The van der Waals surface area contributed by atoms with Gasteiger partial charge in [-0.2, -0.15) is 0 Å². The Hall–Kier alpha value is -1.09. The lowest BCUT2D eigenvalue weighted by molar-refractivity contribution is 0.461. The lowest BCUT2D eigenvalue weighted by atomic mass is 10.0.